The average Bonchev–Trinajstić information content (AvgIpc) is 3.80. The summed E-state index contributed by atoms with van der Waals surface area (Å²) in [6.45, 7) is 0.402. The summed E-state index contributed by atoms with van der Waals surface area (Å²) in [5, 5.41) is 13.3. The number of benzene rings is 1. The lowest BCUT2D eigenvalue weighted by Gasteiger charge is -2.44. The van der Waals surface area contributed by atoms with Gasteiger partial charge in [-0.05, 0) is 47.7 Å². The molecular formula is C32H30N2O6S2. The van der Waals surface area contributed by atoms with Gasteiger partial charge in [-0.1, -0.05) is 42.0 Å². The average molecular weight is 603 g/mol. The fraction of sp³-hybridized carbons (Fsp3) is 0.375. The van der Waals surface area contributed by atoms with Crippen molar-refractivity contribution < 1.29 is 29.0 Å². The van der Waals surface area contributed by atoms with Gasteiger partial charge in [0.05, 0.1) is 43.4 Å². The lowest BCUT2D eigenvalue weighted by Crippen LogP contribution is -2.43. The Bertz CT molecular complexity index is 1560. The Kier molecular flexibility index (Phi) is 7.08. The third-order valence-corrected chi connectivity index (χ3v) is 10.9. The van der Waals surface area contributed by atoms with Gasteiger partial charge >= 0.3 is 0 Å². The van der Waals surface area contributed by atoms with Crippen LogP contribution in [0, 0.1) is 29.6 Å². The maximum atomic E-state index is 14.1. The highest BCUT2D eigenvalue weighted by molar-refractivity contribution is 7.10. The molecule has 1 N–H and O–H groups in total. The number of nitrogens with zero attached hydrogens (tertiary/aromatic N) is 2. The Balaban J connectivity index is 1.30. The second-order valence-electron chi connectivity index (χ2n) is 11.3. The van der Waals surface area contributed by atoms with Gasteiger partial charge in [0, 0.05) is 21.2 Å². The van der Waals surface area contributed by atoms with E-state index in [9.17, 15) is 24.3 Å². The SMILES string of the molecule is O=C1C2CC=C3C(CC4C(=O)N(Cc5cccs5)C(=O)C4C3c3ccccc3OCCO)C2C(=O)N1Cc1cccs1. The number of likely N-dealkylation sites (tertiary alicyclic amines) is 2. The molecule has 6 unspecified atom stereocenters. The summed E-state index contributed by atoms with van der Waals surface area (Å²) in [6.07, 6.45) is 2.82. The molecule has 8 nitrogen and oxygen atoms in total. The van der Waals surface area contributed by atoms with Crippen LogP contribution in [0.5, 0.6) is 5.75 Å². The van der Waals surface area contributed by atoms with Gasteiger partial charge in [0.2, 0.25) is 23.6 Å². The largest absolute Gasteiger partial charge is 0.491 e. The maximum Gasteiger partial charge on any atom is 0.234 e. The number of thiophene rings is 2. The molecule has 0 radical (unpaired) electrons. The van der Waals surface area contributed by atoms with E-state index in [1.54, 1.807) is 0 Å². The molecule has 216 valence electrons. The first-order valence-electron chi connectivity index (χ1n) is 14.3. The van der Waals surface area contributed by atoms with Gasteiger partial charge in [-0.2, -0.15) is 0 Å². The van der Waals surface area contributed by atoms with Crippen LogP contribution in [0.4, 0.5) is 0 Å². The van der Waals surface area contributed by atoms with E-state index in [4.69, 9.17) is 4.74 Å². The summed E-state index contributed by atoms with van der Waals surface area (Å²) in [5.41, 5.74) is 1.71. The molecule has 1 aromatic carbocycles. The number of hydrogen-bond donors (Lipinski definition) is 1. The van der Waals surface area contributed by atoms with Crippen molar-refractivity contribution in [3.63, 3.8) is 0 Å². The van der Waals surface area contributed by atoms with E-state index < -0.39 is 29.6 Å². The van der Waals surface area contributed by atoms with Crippen molar-refractivity contribution in [2.24, 2.45) is 29.6 Å². The number of imide groups is 2. The van der Waals surface area contributed by atoms with Gasteiger partial charge in [0.25, 0.3) is 0 Å². The standard InChI is InChI=1S/C32H30N2O6S2/c35-11-12-40-25-8-2-1-7-21(25)26-20-9-10-22-27(31(38)33(29(22)36)16-18-5-3-13-41-18)23(20)15-24-28(26)32(39)34(30(24)37)17-19-6-4-14-42-19/h1-9,13-14,22-24,26-28,35H,10-12,15-17H2. The molecule has 42 heavy (non-hydrogen) atoms. The Hall–Kier alpha value is -3.60. The highest BCUT2D eigenvalue weighted by Gasteiger charge is 2.62. The Morgan fingerprint density at radius 3 is 2.05 bits per heavy atom. The quantitative estimate of drug-likeness (QED) is 0.306. The second kappa shape index (κ2) is 10.9. The van der Waals surface area contributed by atoms with Crippen LogP contribution < -0.4 is 4.74 Å². The Labute approximate surface area is 251 Å². The molecule has 6 atom stereocenters. The number of carbonyl (C=O) groups is 4. The van der Waals surface area contributed by atoms with Gasteiger partial charge in [0.1, 0.15) is 12.4 Å². The highest BCUT2D eigenvalue weighted by Crippen LogP contribution is 2.59. The monoisotopic (exact) mass is 602 g/mol. The van der Waals surface area contributed by atoms with E-state index in [2.05, 4.69) is 6.08 Å². The van der Waals surface area contributed by atoms with Crippen LogP contribution >= 0.6 is 22.7 Å². The molecule has 2 saturated heterocycles. The van der Waals surface area contributed by atoms with Crippen molar-refractivity contribution in [2.75, 3.05) is 13.2 Å². The zero-order valence-corrected chi connectivity index (χ0v) is 24.4. The van der Waals surface area contributed by atoms with Crippen molar-refractivity contribution in [2.45, 2.75) is 31.8 Å². The molecule has 4 amide bonds. The summed E-state index contributed by atoms with van der Waals surface area (Å²) < 4.78 is 5.93. The predicted molar refractivity (Wildman–Crippen MR) is 156 cm³/mol. The molecular weight excluding hydrogens is 572 g/mol. The predicted octanol–water partition coefficient (Wildman–Crippen LogP) is 4.22. The summed E-state index contributed by atoms with van der Waals surface area (Å²) in [5.74, 6) is -3.35. The number of para-hydroxylation sites is 1. The summed E-state index contributed by atoms with van der Waals surface area (Å²) in [7, 11) is 0. The number of allylic oxidation sites excluding steroid dienone is 2. The van der Waals surface area contributed by atoms with Crippen LogP contribution in [0.3, 0.4) is 0 Å². The van der Waals surface area contributed by atoms with E-state index in [1.807, 2.05) is 59.3 Å². The normalized spacial score (nSPS) is 28.5. The number of aliphatic hydroxyl groups is 1. The van der Waals surface area contributed by atoms with Crippen molar-refractivity contribution in [1.29, 1.82) is 0 Å². The van der Waals surface area contributed by atoms with Gasteiger partial charge in [-0.15, -0.1) is 22.7 Å². The molecule has 2 aromatic heterocycles. The maximum absolute atomic E-state index is 14.1. The number of rotatable bonds is 8. The topological polar surface area (TPSA) is 104 Å². The molecule has 4 aliphatic rings. The van der Waals surface area contributed by atoms with Gasteiger partial charge in [-0.3, -0.25) is 29.0 Å². The zero-order chi connectivity index (χ0) is 29.0. The zero-order valence-electron chi connectivity index (χ0n) is 22.8. The van der Waals surface area contributed by atoms with Crippen molar-refractivity contribution in [3.8, 4) is 5.75 Å². The van der Waals surface area contributed by atoms with E-state index in [0.29, 0.717) is 18.6 Å². The summed E-state index contributed by atoms with van der Waals surface area (Å²) in [4.78, 5) is 60.2. The van der Waals surface area contributed by atoms with Crippen molar-refractivity contribution in [3.05, 3.63) is 86.3 Å². The van der Waals surface area contributed by atoms with Gasteiger partial charge in [-0.25, -0.2) is 0 Å². The molecule has 4 heterocycles. The first-order chi connectivity index (χ1) is 20.5. The van der Waals surface area contributed by atoms with Crippen LogP contribution in [0.15, 0.2) is 70.9 Å². The fourth-order valence-electron chi connectivity index (χ4n) is 7.52. The summed E-state index contributed by atoms with van der Waals surface area (Å²) in [6, 6.07) is 15.1. The van der Waals surface area contributed by atoms with Gasteiger partial charge in [0.15, 0.2) is 0 Å². The number of aliphatic hydroxyl groups excluding tert-OH is 1. The van der Waals surface area contributed by atoms with Crippen molar-refractivity contribution >= 4 is 46.3 Å². The molecule has 2 aliphatic heterocycles. The molecule has 10 heteroatoms. The number of ether oxygens (including phenoxy) is 1. The molecule has 3 aromatic rings. The van der Waals surface area contributed by atoms with Crippen LogP contribution in [0.25, 0.3) is 0 Å². The minimum atomic E-state index is -0.634. The second-order valence-corrected chi connectivity index (χ2v) is 13.4. The number of fused-ring (bicyclic) bond motifs is 4. The fourth-order valence-corrected chi connectivity index (χ4v) is 8.91. The molecule has 3 fully saturated rings. The summed E-state index contributed by atoms with van der Waals surface area (Å²) >= 11 is 3.02. The minimum Gasteiger partial charge on any atom is -0.491 e. The van der Waals surface area contributed by atoms with Crippen LogP contribution in [0.1, 0.15) is 34.1 Å². The van der Waals surface area contributed by atoms with Crippen molar-refractivity contribution in [1.82, 2.24) is 9.80 Å². The van der Waals surface area contributed by atoms with Gasteiger partial charge < -0.3 is 9.84 Å². The Morgan fingerprint density at radius 1 is 0.762 bits per heavy atom. The number of amides is 4. The molecule has 0 spiro atoms. The van der Waals surface area contributed by atoms with E-state index in [1.165, 1.54) is 32.5 Å². The van der Waals surface area contributed by atoms with Crippen LogP contribution in [-0.2, 0) is 32.3 Å². The molecule has 7 rings (SSSR count). The van der Waals surface area contributed by atoms with E-state index >= 15 is 0 Å². The number of carbonyl (C=O) groups excluding carboxylic acids is 4. The highest BCUT2D eigenvalue weighted by atomic mass is 32.1. The molecule has 0 bridgehead atoms. The molecule has 2 aliphatic carbocycles. The van der Waals surface area contributed by atoms with E-state index in [0.717, 1.165) is 20.9 Å². The first-order valence-corrected chi connectivity index (χ1v) is 16.0. The third-order valence-electron chi connectivity index (χ3n) is 9.22. The van der Waals surface area contributed by atoms with Crippen LogP contribution in [0.2, 0.25) is 0 Å². The lowest BCUT2D eigenvalue weighted by atomic mass is 9.57. The lowest BCUT2D eigenvalue weighted by molar-refractivity contribution is -0.142. The smallest absolute Gasteiger partial charge is 0.234 e. The first kappa shape index (κ1) is 27.2. The van der Waals surface area contributed by atoms with E-state index in [-0.39, 0.29) is 55.8 Å². The Morgan fingerprint density at radius 2 is 1.40 bits per heavy atom. The minimum absolute atomic E-state index is 0.0903. The number of hydrogen-bond acceptors (Lipinski definition) is 8. The molecule has 1 saturated carbocycles. The van der Waals surface area contributed by atoms with Crippen LogP contribution in [-0.4, -0.2) is 51.7 Å². The third kappa shape index (κ3) is 4.35.